The third-order valence-corrected chi connectivity index (χ3v) is 7.62. The second-order valence-corrected chi connectivity index (χ2v) is 10.1. The summed E-state index contributed by atoms with van der Waals surface area (Å²) in [7, 11) is 0. The SMILES string of the molecule is CSCC[C@@H](NC(=O)OCC1c2ccccc2-c2ccccc21)C(=O)NC1CCCCC1C(=O)O. The summed E-state index contributed by atoms with van der Waals surface area (Å²) in [5.41, 5.74) is 4.54. The van der Waals surface area contributed by atoms with Gasteiger partial charge in [-0.3, -0.25) is 9.59 Å². The average Bonchev–Trinajstić information content (AvgIpc) is 3.19. The number of carbonyl (C=O) groups is 3. The topological polar surface area (TPSA) is 105 Å². The van der Waals surface area contributed by atoms with E-state index in [2.05, 4.69) is 34.9 Å². The van der Waals surface area contributed by atoms with Crippen molar-refractivity contribution in [3.63, 3.8) is 0 Å². The number of carboxylic acid groups (broad SMARTS) is 1. The molecular weight excluding hydrogens is 464 g/mol. The Balaban J connectivity index is 1.39. The van der Waals surface area contributed by atoms with E-state index in [0.717, 1.165) is 35.1 Å². The van der Waals surface area contributed by atoms with Gasteiger partial charge in [-0.2, -0.15) is 11.8 Å². The molecule has 3 N–H and O–H groups in total. The van der Waals surface area contributed by atoms with Gasteiger partial charge in [-0.05, 0) is 53.5 Å². The highest BCUT2D eigenvalue weighted by Crippen LogP contribution is 2.44. The summed E-state index contributed by atoms with van der Waals surface area (Å²) < 4.78 is 5.62. The van der Waals surface area contributed by atoms with Crippen LogP contribution in [0.2, 0.25) is 0 Å². The van der Waals surface area contributed by atoms with Gasteiger partial charge in [0.15, 0.2) is 0 Å². The summed E-state index contributed by atoms with van der Waals surface area (Å²) in [6.45, 7) is 0.167. The number of hydrogen-bond donors (Lipinski definition) is 3. The molecule has 0 bridgehead atoms. The second kappa shape index (κ2) is 11.6. The molecule has 35 heavy (non-hydrogen) atoms. The van der Waals surface area contributed by atoms with Crippen LogP contribution in [0.3, 0.4) is 0 Å². The Bertz CT molecular complexity index is 1030. The van der Waals surface area contributed by atoms with E-state index in [4.69, 9.17) is 4.74 Å². The van der Waals surface area contributed by atoms with Gasteiger partial charge in [0.05, 0.1) is 5.92 Å². The summed E-state index contributed by atoms with van der Waals surface area (Å²) in [5, 5.41) is 15.1. The molecule has 2 aliphatic rings. The molecule has 0 saturated heterocycles. The lowest BCUT2D eigenvalue weighted by Gasteiger charge is -2.30. The molecule has 2 aliphatic carbocycles. The van der Waals surface area contributed by atoms with Crippen molar-refractivity contribution in [2.75, 3.05) is 18.6 Å². The molecule has 0 aliphatic heterocycles. The third kappa shape index (κ3) is 5.81. The quantitative estimate of drug-likeness (QED) is 0.475. The number of thioether (sulfide) groups is 1. The van der Waals surface area contributed by atoms with Crippen LogP contribution in [-0.2, 0) is 14.3 Å². The molecule has 7 nitrogen and oxygen atoms in total. The first kappa shape index (κ1) is 25.1. The van der Waals surface area contributed by atoms with E-state index in [1.807, 2.05) is 30.5 Å². The number of carbonyl (C=O) groups excluding carboxylic acids is 2. The molecule has 1 fully saturated rings. The zero-order valence-electron chi connectivity index (χ0n) is 19.9. The maximum Gasteiger partial charge on any atom is 0.407 e. The average molecular weight is 497 g/mol. The fraction of sp³-hybridized carbons (Fsp3) is 0.444. The molecule has 2 aromatic rings. The van der Waals surface area contributed by atoms with Gasteiger partial charge in [0.25, 0.3) is 0 Å². The number of alkyl carbamates (subject to hydrolysis) is 1. The van der Waals surface area contributed by atoms with Crippen LogP contribution in [0.25, 0.3) is 11.1 Å². The highest BCUT2D eigenvalue weighted by atomic mass is 32.2. The van der Waals surface area contributed by atoms with Gasteiger partial charge in [0.2, 0.25) is 5.91 Å². The standard InChI is InChI=1S/C27H32N2O5S/c1-35-15-14-24(25(30)28-23-13-7-6-12-21(23)26(31)32)29-27(33)34-16-22-19-10-4-2-8-17(19)18-9-3-5-11-20(18)22/h2-5,8-11,21-24H,6-7,12-16H2,1H3,(H,28,30)(H,29,33)(H,31,32)/t21?,23?,24-/m1/s1. The molecule has 0 spiro atoms. The lowest BCUT2D eigenvalue weighted by Crippen LogP contribution is -2.53. The van der Waals surface area contributed by atoms with Crippen LogP contribution >= 0.6 is 11.8 Å². The normalized spacial score (nSPS) is 19.8. The molecule has 2 aromatic carbocycles. The number of amides is 2. The van der Waals surface area contributed by atoms with Gasteiger partial charge in [0, 0.05) is 12.0 Å². The first-order valence-electron chi connectivity index (χ1n) is 12.1. The predicted molar refractivity (Wildman–Crippen MR) is 137 cm³/mol. The summed E-state index contributed by atoms with van der Waals surface area (Å²) in [4.78, 5) is 37.4. The molecule has 2 unspecified atom stereocenters. The zero-order chi connectivity index (χ0) is 24.8. The van der Waals surface area contributed by atoms with Crippen molar-refractivity contribution in [2.24, 2.45) is 5.92 Å². The maximum absolute atomic E-state index is 13.0. The van der Waals surface area contributed by atoms with E-state index < -0.39 is 30.1 Å². The van der Waals surface area contributed by atoms with Crippen molar-refractivity contribution in [3.05, 3.63) is 59.7 Å². The van der Waals surface area contributed by atoms with E-state index in [0.29, 0.717) is 25.0 Å². The van der Waals surface area contributed by atoms with Crippen molar-refractivity contribution in [2.45, 2.75) is 50.1 Å². The fourth-order valence-electron chi connectivity index (χ4n) is 5.17. The molecule has 4 rings (SSSR count). The Labute approximate surface area is 210 Å². The summed E-state index contributed by atoms with van der Waals surface area (Å²) in [6, 6.07) is 15.0. The van der Waals surface area contributed by atoms with Crippen LogP contribution in [0.15, 0.2) is 48.5 Å². The minimum absolute atomic E-state index is 0.0646. The van der Waals surface area contributed by atoms with Crippen LogP contribution in [0.5, 0.6) is 0 Å². The highest BCUT2D eigenvalue weighted by molar-refractivity contribution is 7.98. The van der Waals surface area contributed by atoms with E-state index >= 15 is 0 Å². The predicted octanol–water partition coefficient (Wildman–Crippen LogP) is 4.41. The minimum atomic E-state index is -0.889. The lowest BCUT2D eigenvalue weighted by molar-refractivity contribution is -0.144. The molecule has 2 amide bonds. The molecule has 8 heteroatoms. The van der Waals surface area contributed by atoms with Crippen LogP contribution in [0.1, 0.15) is 49.1 Å². The number of carboxylic acids is 1. The highest BCUT2D eigenvalue weighted by Gasteiger charge is 2.34. The van der Waals surface area contributed by atoms with Crippen molar-refractivity contribution < 1.29 is 24.2 Å². The van der Waals surface area contributed by atoms with Crippen molar-refractivity contribution in [1.29, 1.82) is 0 Å². The number of benzene rings is 2. The van der Waals surface area contributed by atoms with Crippen LogP contribution in [0, 0.1) is 5.92 Å². The second-order valence-electron chi connectivity index (χ2n) is 9.15. The van der Waals surface area contributed by atoms with Gasteiger partial charge < -0.3 is 20.5 Å². The first-order chi connectivity index (χ1) is 17.0. The Kier molecular flexibility index (Phi) is 8.33. The molecule has 0 aromatic heterocycles. The van der Waals surface area contributed by atoms with E-state index in [1.165, 1.54) is 0 Å². The van der Waals surface area contributed by atoms with E-state index in [-0.39, 0.29) is 18.4 Å². The largest absolute Gasteiger partial charge is 0.481 e. The number of hydrogen-bond acceptors (Lipinski definition) is 5. The molecule has 186 valence electrons. The molecule has 3 atom stereocenters. The van der Waals surface area contributed by atoms with Gasteiger partial charge in [-0.1, -0.05) is 61.4 Å². The fourth-order valence-corrected chi connectivity index (χ4v) is 5.64. The zero-order valence-corrected chi connectivity index (χ0v) is 20.7. The summed E-state index contributed by atoms with van der Waals surface area (Å²) in [6.07, 6.45) is 4.62. The Morgan fingerprint density at radius 3 is 2.29 bits per heavy atom. The van der Waals surface area contributed by atoms with Crippen molar-refractivity contribution in [3.8, 4) is 11.1 Å². The molecular formula is C27H32N2O5S. The van der Waals surface area contributed by atoms with Gasteiger partial charge >= 0.3 is 12.1 Å². The number of aliphatic carboxylic acids is 1. The first-order valence-corrected chi connectivity index (χ1v) is 13.5. The summed E-state index contributed by atoms with van der Waals surface area (Å²) >= 11 is 1.58. The lowest BCUT2D eigenvalue weighted by atomic mass is 9.84. The van der Waals surface area contributed by atoms with Crippen LogP contribution in [0.4, 0.5) is 4.79 Å². The van der Waals surface area contributed by atoms with Crippen molar-refractivity contribution in [1.82, 2.24) is 10.6 Å². The molecule has 0 heterocycles. The van der Waals surface area contributed by atoms with E-state index in [1.54, 1.807) is 11.8 Å². The Hall–Kier alpha value is -3.00. The van der Waals surface area contributed by atoms with Gasteiger partial charge in [-0.15, -0.1) is 0 Å². The monoisotopic (exact) mass is 496 g/mol. The van der Waals surface area contributed by atoms with Gasteiger partial charge in [0.1, 0.15) is 12.6 Å². The van der Waals surface area contributed by atoms with Crippen LogP contribution in [-0.4, -0.2) is 53.8 Å². The number of rotatable bonds is 9. The minimum Gasteiger partial charge on any atom is -0.481 e. The summed E-state index contributed by atoms with van der Waals surface area (Å²) in [5.74, 6) is -1.23. The third-order valence-electron chi connectivity index (χ3n) is 6.97. The number of nitrogens with one attached hydrogen (secondary N) is 2. The van der Waals surface area contributed by atoms with Crippen molar-refractivity contribution >= 4 is 29.7 Å². The van der Waals surface area contributed by atoms with Gasteiger partial charge in [-0.25, -0.2) is 4.79 Å². The molecule has 1 saturated carbocycles. The Morgan fingerprint density at radius 1 is 1.03 bits per heavy atom. The maximum atomic E-state index is 13.0. The Morgan fingerprint density at radius 2 is 1.66 bits per heavy atom. The molecule has 0 radical (unpaired) electrons. The number of ether oxygens (including phenoxy) is 1. The smallest absolute Gasteiger partial charge is 0.407 e. The van der Waals surface area contributed by atoms with E-state index in [9.17, 15) is 19.5 Å². The number of fused-ring (bicyclic) bond motifs is 3. The van der Waals surface area contributed by atoms with Crippen LogP contribution < -0.4 is 10.6 Å².